The number of ether oxygens (including phenoxy) is 4. The fraction of sp³-hybridized carbons (Fsp3) is 0.846. The summed E-state index contributed by atoms with van der Waals surface area (Å²) in [6.45, 7) is 6.00. The van der Waals surface area contributed by atoms with Crippen molar-refractivity contribution in [3.63, 3.8) is 0 Å². The highest BCUT2D eigenvalue weighted by Crippen LogP contribution is 2.50. The van der Waals surface area contributed by atoms with Crippen molar-refractivity contribution in [3.8, 4) is 0 Å². The summed E-state index contributed by atoms with van der Waals surface area (Å²) in [6, 6.07) is 0. The number of esters is 1. The second kappa shape index (κ2) is 4.68. The van der Waals surface area contributed by atoms with Crippen molar-refractivity contribution in [1.82, 2.24) is 0 Å². The minimum Gasteiger partial charge on any atom is -0.466 e. The molecule has 3 rings (SSSR count). The van der Waals surface area contributed by atoms with Crippen LogP contribution in [0.5, 0.6) is 0 Å². The first kappa shape index (κ1) is 13.8. The van der Waals surface area contributed by atoms with Crippen LogP contribution < -0.4 is 0 Å². The third kappa shape index (κ3) is 2.10. The zero-order valence-electron chi connectivity index (χ0n) is 11.7. The Bertz CT molecular complexity index is 448. The number of hydrogen-bond donors (Lipinski definition) is 1. The molecule has 0 spiro atoms. The monoisotopic (exact) mass is 285 g/mol. The van der Waals surface area contributed by atoms with Crippen molar-refractivity contribution in [3.05, 3.63) is 0 Å². The van der Waals surface area contributed by atoms with Crippen LogP contribution in [0.15, 0.2) is 5.16 Å². The molecule has 7 nitrogen and oxygen atoms in total. The number of oxime groups is 1. The number of nitrogens with zero attached hydrogens (tertiary/aromatic N) is 1. The van der Waals surface area contributed by atoms with E-state index < -0.39 is 17.8 Å². The van der Waals surface area contributed by atoms with Crippen LogP contribution in [-0.4, -0.2) is 54.2 Å². The predicted octanol–water partition coefficient (Wildman–Crippen LogP) is 0.545. The summed E-state index contributed by atoms with van der Waals surface area (Å²) >= 11 is 0. The SMILES string of the molecule is CCOC(=O)[C@@H]1[C@H]2O[C@@H]3COC(C)(C)O[C@H]3/C(=N/O)[C@H]21. The summed E-state index contributed by atoms with van der Waals surface area (Å²) < 4.78 is 22.2. The number of rotatable bonds is 2. The minimum absolute atomic E-state index is 0.255. The standard InChI is InChI=1S/C13H19NO6/c1-4-17-12(15)8-7-9(14-16)10-6(19-11(7)8)5-18-13(2,3)20-10/h6-8,10-11,16H,4-5H2,1-3H3/b14-9+/t6-,7-,8+,10-,11+/m1/s1. The maximum Gasteiger partial charge on any atom is 0.312 e. The van der Waals surface area contributed by atoms with Crippen molar-refractivity contribution < 1.29 is 28.9 Å². The lowest BCUT2D eigenvalue weighted by molar-refractivity contribution is -0.300. The number of carbonyl (C=O) groups is 1. The van der Waals surface area contributed by atoms with Gasteiger partial charge < -0.3 is 24.2 Å². The molecule has 0 aromatic heterocycles. The quantitative estimate of drug-likeness (QED) is 0.453. The molecule has 2 aliphatic heterocycles. The van der Waals surface area contributed by atoms with Gasteiger partial charge >= 0.3 is 5.97 Å². The average molecular weight is 285 g/mol. The molecule has 0 bridgehead atoms. The molecule has 1 N–H and O–H groups in total. The Morgan fingerprint density at radius 1 is 1.55 bits per heavy atom. The largest absolute Gasteiger partial charge is 0.466 e. The van der Waals surface area contributed by atoms with Crippen molar-refractivity contribution in [2.24, 2.45) is 17.0 Å². The van der Waals surface area contributed by atoms with Crippen LogP contribution >= 0.6 is 0 Å². The van der Waals surface area contributed by atoms with Gasteiger partial charge in [0.05, 0.1) is 30.9 Å². The fourth-order valence-electron chi connectivity index (χ4n) is 2.99. The van der Waals surface area contributed by atoms with E-state index in [4.69, 9.17) is 18.9 Å². The molecule has 7 heteroatoms. The normalized spacial score (nSPS) is 43.5. The Hall–Kier alpha value is -1.18. The number of fused-ring (bicyclic) bond motifs is 2. The van der Waals surface area contributed by atoms with E-state index in [1.807, 2.05) is 0 Å². The summed E-state index contributed by atoms with van der Waals surface area (Å²) in [5.41, 5.74) is 0.459. The van der Waals surface area contributed by atoms with Gasteiger partial charge in [0, 0.05) is 5.92 Å². The Morgan fingerprint density at radius 2 is 2.30 bits per heavy atom. The Kier molecular flexibility index (Phi) is 3.23. The van der Waals surface area contributed by atoms with Crippen LogP contribution in [-0.2, 0) is 23.7 Å². The molecule has 1 saturated carbocycles. The average Bonchev–Trinajstić information content (AvgIpc) is 3.09. The summed E-state index contributed by atoms with van der Waals surface area (Å²) in [4.78, 5) is 11.9. The molecule has 2 saturated heterocycles. The van der Waals surface area contributed by atoms with Crippen LogP contribution in [0.4, 0.5) is 0 Å². The van der Waals surface area contributed by atoms with Crippen molar-refractivity contribution in [1.29, 1.82) is 0 Å². The van der Waals surface area contributed by atoms with Gasteiger partial charge in [-0.1, -0.05) is 5.16 Å². The molecule has 1 aliphatic carbocycles. The van der Waals surface area contributed by atoms with Crippen LogP contribution in [0, 0.1) is 11.8 Å². The molecule has 0 amide bonds. The van der Waals surface area contributed by atoms with Gasteiger partial charge in [-0.25, -0.2) is 0 Å². The summed E-state index contributed by atoms with van der Waals surface area (Å²) in [7, 11) is 0. The van der Waals surface area contributed by atoms with E-state index in [-0.39, 0.29) is 24.1 Å². The van der Waals surface area contributed by atoms with E-state index in [2.05, 4.69) is 5.16 Å². The molecule has 112 valence electrons. The van der Waals surface area contributed by atoms with Crippen molar-refractivity contribution in [2.75, 3.05) is 13.2 Å². The van der Waals surface area contributed by atoms with Gasteiger partial charge in [0.25, 0.3) is 0 Å². The fourth-order valence-corrected chi connectivity index (χ4v) is 2.99. The molecular weight excluding hydrogens is 266 g/mol. The molecule has 0 aromatic rings. The van der Waals surface area contributed by atoms with E-state index >= 15 is 0 Å². The van der Waals surface area contributed by atoms with Gasteiger partial charge in [-0.3, -0.25) is 4.79 Å². The first-order valence-electron chi connectivity index (χ1n) is 6.84. The van der Waals surface area contributed by atoms with Crippen LogP contribution in [0.3, 0.4) is 0 Å². The summed E-state index contributed by atoms with van der Waals surface area (Å²) in [5.74, 6) is -1.74. The lowest BCUT2D eigenvalue weighted by Crippen LogP contribution is -2.56. The molecular formula is C13H19NO6. The maximum absolute atomic E-state index is 11.9. The molecule has 0 unspecified atom stereocenters. The van der Waals surface area contributed by atoms with Gasteiger partial charge in [0.2, 0.25) is 0 Å². The molecule has 3 aliphatic rings. The zero-order chi connectivity index (χ0) is 14.5. The number of carbonyl (C=O) groups excluding carboxylic acids is 1. The van der Waals surface area contributed by atoms with E-state index in [9.17, 15) is 10.0 Å². The Morgan fingerprint density at radius 3 is 2.95 bits per heavy atom. The third-order valence-corrected chi connectivity index (χ3v) is 3.94. The van der Waals surface area contributed by atoms with Gasteiger partial charge in [0.1, 0.15) is 12.2 Å². The summed E-state index contributed by atoms with van der Waals surface area (Å²) in [6.07, 6.45) is -1.13. The number of hydrogen-bond acceptors (Lipinski definition) is 7. The zero-order valence-corrected chi connectivity index (χ0v) is 11.7. The van der Waals surface area contributed by atoms with Gasteiger partial charge in [-0.15, -0.1) is 0 Å². The molecule has 20 heavy (non-hydrogen) atoms. The first-order chi connectivity index (χ1) is 9.48. The van der Waals surface area contributed by atoms with Gasteiger partial charge in [0.15, 0.2) is 5.79 Å². The van der Waals surface area contributed by atoms with E-state index in [1.165, 1.54) is 0 Å². The van der Waals surface area contributed by atoms with Gasteiger partial charge in [-0.2, -0.15) is 0 Å². The molecule has 3 fully saturated rings. The molecule has 5 atom stereocenters. The highest BCUT2D eigenvalue weighted by molar-refractivity contribution is 6.00. The van der Waals surface area contributed by atoms with Crippen LogP contribution in [0.2, 0.25) is 0 Å². The van der Waals surface area contributed by atoms with Crippen molar-refractivity contribution in [2.45, 2.75) is 44.9 Å². The topological polar surface area (TPSA) is 86.6 Å². The highest BCUT2D eigenvalue weighted by Gasteiger charge is 2.67. The lowest BCUT2D eigenvalue weighted by Gasteiger charge is -2.42. The Balaban J connectivity index is 1.79. The van der Waals surface area contributed by atoms with E-state index in [1.54, 1.807) is 20.8 Å². The van der Waals surface area contributed by atoms with Crippen molar-refractivity contribution >= 4 is 11.7 Å². The van der Waals surface area contributed by atoms with Crippen LogP contribution in [0.25, 0.3) is 0 Å². The van der Waals surface area contributed by atoms with Gasteiger partial charge in [-0.05, 0) is 20.8 Å². The molecule has 0 radical (unpaired) electrons. The summed E-state index contributed by atoms with van der Waals surface area (Å²) in [5, 5.41) is 12.6. The first-order valence-corrected chi connectivity index (χ1v) is 6.84. The van der Waals surface area contributed by atoms with E-state index in [0.717, 1.165) is 0 Å². The minimum atomic E-state index is -0.762. The van der Waals surface area contributed by atoms with Crippen LogP contribution in [0.1, 0.15) is 20.8 Å². The molecule has 2 heterocycles. The second-order valence-corrected chi connectivity index (χ2v) is 5.72. The smallest absolute Gasteiger partial charge is 0.312 e. The Labute approximate surface area is 116 Å². The maximum atomic E-state index is 11.9. The predicted molar refractivity (Wildman–Crippen MR) is 66.4 cm³/mol. The highest BCUT2D eigenvalue weighted by atomic mass is 16.7. The molecule has 0 aromatic carbocycles. The third-order valence-electron chi connectivity index (χ3n) is 3.94. The van der Waals surface area contributed by atoms with E-state index in [0.29, 0.717) is 18.9 Å². The lowest BCUT2D eigenvalue weighted by atomic mass is 10.00. The second-order valence-electron chi connectivity index (χ2n) is 5.72.